The van der Waals surface area contributed by atoms with Crippen LogP contribution in [0.3, 0.4) is 0 Å². The Hall–Kier alpha value is -1.50. The number of carbonyl (C=O) groups is 1. The minimum Gasteiger partial charge on any atom is -0.293 e. The molecular formula is C20H28N4O2. The van der Waals surface area contributed by atoms with Gasteiger partial charge in [0.1, 0.15) is 0 Å². The number of piperidine rings is 1. The van der Waals surface area contributed by atoms with Gasteiger partial charge in [-0.25, -0.2) is 5.48 Å². The molecule has 6 heteroatoms. The number of pyridine rings is 1. The second-order valence-electron chi connectivity index (χ2n) is 8.53. The highest BCUT2D eigenvalue weighted by Crippen LogP contribution is 2.51. The molecule has 2 saturated carbocycles. The van der Waals surface area contributed by atoms with E-state index in [-0.39, 0.29) is 0 Å². The molecule has 3 heterocycles. The Kier molecular flexibility index (Phi) is 4.03. The zero-order valence-electron chi connectivity index (χ0n) is 15.3. The number of rotatable bonds is 3. The Morgan fingerprint density at radius 1 is 1.23 bits per heavy atom. The van der Waals surface area contributed by atoms with E-state index in [1.807, 2.05) is 6.07 Å². The minimum absolute atomic E-state index is 0.424. The van der Waals surface area contributed by atoms with E-state index in [0.29, 0.717) is 17.1 Å². The van der Waals surface area contributed by atoms with Gasteiger partial charge in [0.25, 0.3) is 5.91 Å². The lowest BCUT2D eigenvalue weighted by molar-refractivity contribution is -0.104. The Balaban J connectivity index is 1.35. The molecule has 0 unspecified atom stereocenters. The Labute approximate surface area is 154 Å². The van der Waals surface area contributed by atoms with Crippen LogP contribution in [0.1, 0.15) is 66.6 Å². The molecule has 26 heavy (non-hydrogen) atoms. The first kappa shape index (κ1) is 16.7. The number of carbonyl (C=O) groups excluding carboxylic acids is 1. The van der Waals surface area contributed by atoms with Gasteiger partial charge in [0.2, 0.25) is 0 Å². The van der Waals surface area contributed by atoms with Crippen molar-refractivity contribution in [2.24, 2.45) is 0 Å². The van der Waals surface area contributed by atoms with Crippen molar-refractivity contribution in [3.63, 3.8) is 0 Å². The zero-order valence-corrected chi connectivity index (χ0v) is 15.3. The van der Waals surface area contributed by atoms with Crippen LogP contribution in [0.15, 0.2) is 12.3 Å². The fourth-order valence-corrected chi connectivity index (χ4v) is 5.66. The lowest BCUT2D eigenvalue weighted by Crippen LogP contribution is -2.70. The van der Waals surface area contributed by atoms with Crippen LogP contribution in [0.4, 0.5) is 0 Å². The molecule has 1 spiro atoms. The van der Waals surface area contributed by atoms with Gasteiger partial charge >= 0.3 is 0 Å². The van der Waals surface area contributed by atoms with Crippen molar-refractivity contribution < 1.29 is 10.0 Å². The molecule has 6 nitrogen and oxygen atoms in total. The SMILES string of the molecule is O=C(NO)c1cnc2c(c1)CCN([C@H]1CC[C@@]13CCCCN3C1CC1)C2. The van der Waals surface area contributed by atoms with Crippen molar-refractivity contribution in [2.75, 3.05) is 13.1 Å². The van der Waals surface area contributed by atoms with E-state index >= 15 is 0 Å². The average Bonchev–Trinajstić information content (AvgIpc) is 3.51. The van der Waals surface area contributed by atoms with Crippen molar-refractivity contribution in [1.29, 1.82) is 0 Å². The van der Waals surface area contributed by atoms with Crippen LogP contribution in [-0.2, 0) is 13.0 Å². The van der Waals surface area contributed by atoms with Crippen LogP contribution < -0.4 is 5.48 Å². The first-order valence-corrected chi connectivity index (χ1v) is 10.1. The highest BCUT2D eigenvalue weighted by molar-refractivity contribution is 5.93. The molecule has 0 aromatic carbocycles. The number of fused-ring (bicyclic) bond motifs is 1. The average molecular weight is 356 g/mol. The maximum absolute atomic E-state index is 11.6. The molecule has 5 rings (SSSR count). The summed E-state index contributed by atoms with van der Waals surface area (Å²) in [6.45, 7) is 3.23. The minimum atomic E-state index is -0.483. The van der Waals surface area contributed by atoms with E-state index in [9.17, 15) is 4.79 Å². The van der Waals surface area contributed by atoms with Gasteiger partial charge in [0.15, 0.2) is 0 Å². The Bertz CT molecular complexity index is 720. The summed E-state index contributed by atoms with van der Waals surface area (Å²) < 4.78 is 0. The first-order chi connectivity index (χ1) is 12.7. The van der Waals surface area contributed by atoms with Crippen LogP contribution in [-0.4, -0.2) is 56.6 Å². The third-order valence-corrected chi connectivity index (χ3v) is 7.17. The fourth-order valence-electron chi connectivity index (χ4n) is 5.66. The molecule has 0 radical (unpaired) electrons. The number of hydrogen-bond acceptors (Lipinski definition) is 5. The summed E-state index contributed by atoms with van der Waals surface area (Å²) in [4.78, 5) is 21.7. The molecule has 1 aromatic rings. The number of nitrogens with one attached hydrogen (secondary N) is 1. The van der Waals surface area contributed by atoms with Gasteiger partial charge in [-0.1, -0.05) is 6.42 Å². The maximum atomic E-state index is 11.6. The third-order valence-electron chi connectivity index (χ3n) is 7.17. The predicted molar refractivity (Wildman–Crippen MR) is 96.9 cm³/mol. The second-order valence-corrected chi connectivity index (χ2v) is 8.53. The van der Waals surface area contributed by atoms with Crippen LogP contribution in [0.25, 0.3) is 0 Å². The van der Waals surface area contributed by atoms with Crippen molar-refractivity contribution in [3.05, 3.63) is 29.1 Å². The summed E-state index contributed by atoms with van der Waals surface area (Å²) in [5.74, 6) is -0.483. The van der Waals surface area contributed by atoms with E-state index in [1.165, 1.54) is 51.5 Å². The van der Waals surface area contributed by atoms with Gasteiger partial charge in [-0.15, -0.1) is 0 Å². The van der Waals surface area contributed by atoms with Gasteiger partial charge in [0, 0.05) is 36.9 Å². The molecule has 1 saturated heterocycles. The smallest absolute Gasteiger partial charge is 0.276 e. The normalized spacial score (nSPS) is 32.1. The lowest BCUT2D eigenvalue weighted by Gasteiger charge is -2.62. The largest absolute Gasteiger partial charge is 0.293 e. The molecule has 2 N–H and O–H groups in total. The molecule has 4 aliphatic rings. The van der Waals surface area contributed by atoms with Gasteiger partial charge in [-0.2, -0.15) is 0 Å². The third kappa shape index (κ3) is 2.58. The number of hydrogen-bond donors (Lipinski definition) is 2. The van der Waals surface area contributed by atoms with E-state index in [2.05, 4.69) is 14.8 Å². The van der Waals surface area contributed by atoms with Gasteiger partial charge in [-0.05, 0) is 63.1 Å². The maximum Gasteiger partial charge on any atom is 0.276 e. The molecular weight excluding hydrogens is 328 g/mol. The lowest BCUT2D eigenvalue weighted by atomic mass is 9.64. The summed E-state index contributed by atoms with van der Waals surface area (Å²) in [5, 5.41) is 8.82. The number of hydroxylamine groups is 1. The number of likely N-dealkylation sites (tertiary alicyclic amines) is 1. The topological polar surface area (TPSA) is 68.7 Å². The highest BCUT2D eigenvalue weighted by Gasteiger charge is 2.56. The standard InChI is InChI=1S/C20H28N4O2/c25-19(22-26)15-11-14-6-10-23(13-17(14)21-12-15)18-5-8-20(18)7-1-2-9-24(20)16-3-4-16/h11-12,16,18,26H,1-10,13H2,(H,22,25)/t18-,20-/m0/s1. The molecule has 1 aromatic heterocycles. The summed E-state index contributed by atoms with van der Waals surface area (Å²) in [6.07, 6.45) is 12.1. The van der Waals surface area contributed by atoms with Crippen molar-refractivity contribution >= 4 is 5.91 Å². The van der Waals surface area contributed by atoms with Gasteiger partial charge in [-0.3, -0.25) is 24.8 Å². The fraction of sp³-hybridized carbons (Fsp3) is 0.700. The molecule has 3 fully saturated rings. The van der Waals surface area contributed by atoms with Gasteiger partial charge in [0.05, 0.1) is 11.3 Å². The van der Waals surface area contributed by atoms with Crippen molar-refractivity contribution in [2.45, 2.75) is 75.5 Å². The van der Waals surface area contributed by atoms with Crippen LogP contribution in [0.2, 0.25) is 0 Å². The van der Waals surface area contributed by atoms with Crippen LogP contribution >= 0.6 is 0 Å². The summed E-state index contributed by atoms with van der Waals surface area (Å²) in [6, 6.07) is 3.41. The molecule has 2 aliphatic carbocycles. The zero-order chi connectivity index (χ0) is 17.7. The van der Waals surface area contributed by atoms with Crippen LogP contribution in [0.5, 0.6) is 0 Å². The van der Waals surface area contributed by atoms with E-state index in [4.69, 9.17) is 5.21 Å². The first-order valence-electron chi connectivity index (χ1n) is 10.1. The van der Waals surface area contributed by atoms with E-state index < -0.39 is 5.91 Å². The number of amides is 1. The summed E-state index contributed by atoms with van der Waals surface area (Å²) >= 11 is 0. The Morgan fingerprint density at radius 2 is 2.12 bits per heavy atom. The molecule has 2 atom stereocenters. The second kappa shape index (κ2) is 6.29. The van der Waals surface area contributed by atoms with Gasteiger partial charge < -0.3 is 0 Å². The molecule has 0 bridgehead atoms. The van der Waals surface area contributed by atoms with E-state index in [0.717, 1.165) is 36.8 Å². The molecule has 140 valence electrons. The quantitative estimate of drug-likeness (QED) is 0.641. The van der Waals surface area contributed by atoms with Crippen molar-refractivity contribution in [3.8, 4) is 0 Å². The predicted octanol–water partition coefficient (Wildman–Crippen LogP) is 2.11. The number of nitrogens with zero attached hydrogens (tertiary/aromatic N) is 3. The van der Waals surface area contributed by atoms with Crippen LogP contribution in [0, 0.1) is 0 Å². The molecule has 2 aliphatic heterocycles. The van der Waals surface area contributed by atoms with Crippen molar-refractivity contribution in [1.82, 2.24) is 20.3 Å². The van der Waals surface area contributed by atoms with E-state index in [1.54, 1.807) is 11.7 Å². The monoisotopic (exact) mass is 356 g/mol. The molecule has 1 amide bonds. The Morgan fingerprint density at radius 3 is 2.85 bits per heavy atom. The summed E-state index contributed by atoms with van der Waals surface area (Å²) in [5.41, 5.74) is 4.81. The number of aromatic nitrogens is 1. The highest BCUT2D eigenvalue weighted by atomic mass is 16.5. The summed E-state index contributed by atoms with van der Waals surface area (Å²) in [7, 11) is 0.